The van der Waals surface area contributed by atoms with Gasteiger partial charge in [0.2, 0.25) is 0 Å². The minimum absolute atomic E-state index is 0.0693. The van der Waals surface area contributed by atoms with Gasteiger partial charge >= 0.3 is 0 Å². The third-order valence-electron chi connectivity index (χ3n) is 2.57. The zero-order valence-corrected chi connectivity index (χ0v) is 11.6. The second kappa shape index (κ2) is 5.33. The fraction of sp³-hybridized carbons (Fsp3) is 0.364. The lowest BCUT2D eigenvalue weighted by Gasteiger charge is -2.27. The minimum Gasteiger partial charge on any atom is -0.336 e. The summed E-state index contributed by atoms with van der Waals surface area (Å²) in [4.78, 5) is 14.0. The summed E-state index contributed by atoms with van der Waals surface area (Å²) in [6.07, 6.45) is 0. The van der Waals surface area contributed by atoms with Crippen molar-refractivity contribution < 1.29 is 4.79 Å². The van der Waals surface area contributed by atoms with E-state index in [1.807, 2.05) is 17.0 Å². The third kappa shape index (κ3) is 2.67. The Kier molecular flexibility index (Phi) is 4.05. The van der Waals surface area contributed by atoms with E-state index >= 15 is 0 Å². The predicted octanol–water partition coefficient (Wildman–Crippen LogP) is 1.99. The molecule has 1 heterocycles. The highest BCUT2D eigenvalue weighted by atomic mass is 127. The molecule has 0 saturated carbocycles. The van der Waals surface area contributed by atoms with E-state index in [4.69, 9.17) is 11.6 Å². The van der Waals surface area contributed by atoms with Crippen LogP contribution in [0.5, 0.6) is 0 Å². The molecule has 3 nitrogen and oxygen atoms in total. The first kappa shape index (κ1) is 12.1. The highest BCUT2D eigenvalue weighted by Gasteiger charge is 2.18. The molecule has 0 aliphatic carbocycles. The number of carbonyl (C=O) groups excluding carboxylic acids is 1. The number of nitrogens with one attached hydrogen (secondary N) is 1. The molecule has 0 atom stereocenters. The highest BCUT2D eigenvalue weighted by Crippen LogP contribution is 2.20. The molecule has 2 rings (SSSR count). The van der Waals surface area contributed by atoms with Gasteiger partial charge < -0.3 is 10.2 Å². The van der Waals surface area contributed by atoms with Crippen molar-refractivity contribution in [2.24, 2.45) is 0 Å². The van der Waals surface area contributed by atoms with E-state index < -0.39 is 0 Å². The topological polar surface area (TPSA) is 32.3 Å². The molecule has 86 valence electrons. The van der Waals surface area contributed by atoms with Crippen LogP contribution in [0.4, 0.5) is 0 Å². The molecule has 0 radical (unpaired) electrons. The molecule has 1 saturated heterocycles. The van der Waals surface area contributed by atoms with Gasteiger partial charge in [-0.2, -0.15) is 0 Å². The van der Waals surface area contributed by atoms with Crippen molar-refractivity contribution in [2.75, 3.05) is 26.2 Å². The second-order valence-electron chi connectivity index (χ2n) is 3.67. The van der Waals surface area contributed by atoms with E-state index in [0.717, 1.165) is 29.7 Å². The Hall–Kier alpha value is -0.330. The second-order valence-corrected chi connectivity index (χ2v) is 5.24. The average molecular weight is 351 g/mol. The largest absolute Gasteiger partial charge is 0.336 e. The fourth-order valence-electron chi connectivity index (χ4n) is 1.68. The summed E-state index contributed by atoms with van der Waals surface area (Å²) in [6, 6.07) is 5.45. The van der Waals surface area contributed by atoms with Gasteiger partial charge in [0.05, 0.1) is 5.02 Å². The maximum Gasteiger partial charge on any atom is 0.253 e. The van der Waals surface area contributed by atoms with Crippen LogP contribution < -0.4 is 5.32 Å². The minimum atomic E-state index is 0.0693. The molecule has 1 N–H and O–H groups in total. The number of hydrogen-bond acceptors (Lipinski definition) is 2. The zero-order valence-electron chi connectivity index (χ0n) is 8.67. The van der Waals surface area contributed by atoms with Gasteiger partial charge in [0, 0.05) is 35.3 Å². The van der Waals surface area contributed by atoms with Crippen LogP contribution in [0.15, 0.2) is 18.2 Å². The number of nitrogens with zero attached hydrogens (tertiary/aromatic N) is 1. The first-order chi connectivity index (χ1) is 7.68. The van der Waals surface area contributed by atoms with Crippen LogP contribution in [-0.2, 0) is 0 Å². The predicted molar refractivity (Wildman–Crippen MR) is 72.9 cm³/mol. The summed E-state index contributed by atoms with van der Waals surface area (Å²) in [5.41, 5.74) is 0.673. The van der Waals surface area contributed by atoms with E-state index in [1.165, 1.54) is 0 Å². The van der Waals surface area contributed by atoms with Crippen molar-refractivity contribution in [3.8, 4) is 0 Å². The Morgan fingerprint density at radius 3 is 2.69 bits per heavy atom. The Labute approximate surface area is 113 Å². The maximum atomic E-state index is 12.1. The lowest BCUT2D eigenvalue weighted by Crippen LogP contribution is -2.46. The monoisotopic (exact) mass is 350 g/mol. The average Bonchev–Trinajstić information content (AvgIpc) is 2.33. The number of carbonyl (C=O) groups is 1. The number of rotatable bonds is 1. The van der Waals surface area contributed by atoms with Gasteiger partial charge in [-0.05, 0) is 40.8 Å². The lowest BCUT2D eigenvalue weighted by molar-refractivity contribution is 0.0736. The fourth-order valence-corrected chi connectivity index (χ4v) is 2.20. The standard InChI is InChI=1S/C11H12ClIN2O/c12-9-7-8(1-2-10(9)13)11(16)15-5-3-14-4-6-15/h1-2,7,14H,3-6H2. The summed E-state index contributed by atoms with van der Waals surface area (Å²) in [5, 5.41) is 3.86. The first-order valence-electron chi connectivity index (χ1n) is 5.13. The Morgan fingerprint density at radius 2 is 2.06 bits per heavy atom. The molecule has 5 heteroatoms. The summed E-state index contributed by atoms with van der Waals surface area (Å²) in [5.74, 6) is 0.0693. The van der Waals surface area contributed by atoms with Crippen molar-refractivity contribution in [2.45, 2.75) is 0 Å². The van der Waals surface area contributed by atoms with Crippen molar-refractivity contribution in [3.05, 3.63) is 32.4 Å². The van der Waals surface area contributed by atoms with E-state index in [0.29, 0.717) is 10.6 Å². The van der Waals surface area contributed by atoms with E-state index in [-0.39, 0.29) is 5.91 Å². The maximum absolute atomic E-state index is 12.1. The molecule has 16 heavy (non-hydrogen) atoms. The third-order valence-corrected chi connectivity index (χ3v) is 4.14. The van der Waals surface area contributed by atoms with Crippen molar-refractivity contribution in [1.29, 1.82) is 0 Å². The number of halogens is 2. The van der Waals surface area contributed by atoms with E-state index in [2.05, 4.69) is 27.9 Å². The summed E-state index contributed by atoms with van der Waals surface area (Å²) in [7, 11) is 0. The van der Waals surface area contributed by atoms with Gasteiger partial charge in [0.15, 0.2) is 0 Å². The van der Waals surface area contributed by atoms with E-state index in [9.17, 15) is 4.79 Å². The zero-order chi connectivity index (χ0) is 11.5. The first-order valence-corrected chi connectivity index (χ1v) is 6.59. The Balaban J connectivity index is 2.16. The van der Waals surface area contributed by atoms with Crippen LogP contribution in [0.3, 0.4) is 0 Å². The number of amides is 1. The molecule has 0 aromatic heterocycles. The molecule has 1 aromatic carbocycles. The van der Waals surface area contributed by atoms with Crippen molar-refractivity contribution in [3.63, 3.8) is 0 Å². The molecule has 1 aliphatic rings. The molecule has 0 bridgehead atoms. The van der Waals surface area contributed by atoms with E-state index in [1.54, 1.807) is 6.07 Å². The SMILES string of the molecule is O=C(c1ccc(I)c(Cl)c1)N1CCNCC1. The number of hydrogen-bond donors (Lipinski definition) is 1. The molecular weight excluding hydrogens is 338 g/mol. The van der Waals surface area contributed by atoms with Gasteiger partial charge in [-0.1, -0.05) is 11.6 Å². The quantitative estimate of drug-likeness (QED) is 0.786. The molecule has 1 amide bonds. The number of piperazine rings is 1. The van der Waals surface area contributed by atoms with Crippen LogP contribution in [-0.4, -0.2) is 37.0 Å². The van der Waals surface area contributed by atoms with Crippen LogP contribution in [0.1, 0.15) is 10.4 Å². The van der Waals surface area contributed by atoms with Gasteiger partial charge in [0.1, 0.15) is 0 Å². The van der Waals surface area contributed by atoms with Gasteiger partial charge in [0.25, 0.3) is 5.91 Å². The number of benzene rings is 1. The lowest BCUT2D eigenvalue weighted by atomic mass is 10.2. The van der Waals surface area contributed by atoms with Crippen LogP contribution in [0.25, 0.3) is 0 Å². The summed E-state index contributed by atoms with van der Waals surface area (Å²) in [6.45, 7) is 3.26. The smallest absolute Gasteiger partial charge is 0.253 e. The van der Waals surface area contributed by atoms with Crippen LogP contribution in [0.2, 0.25) is 5.02 Å². The molecule has 0 spiro atoms. The van der Waals surface area contributed by atoms with Crippen LogP contribution in [0, 0.1) is 3.57 Å². The van der Waals surface area contributed by atoms with Crippen LogP contribution >= 0.6 is 34.2 Å². The Bertz CT molecular complexity index is 405. The van der Waals surface area contributed by atoms with Gasteiger partial charge in [-0.15, -0.1) is 0 Å². The summed E-state index contributed by atoms with van der Waals surface area (Å²) < 4.78 is 0.969. The molecular formula is C11H12ClIN2O. The van der Waals surface area contributed by atoms with Crippen molar-refractivity contribution in [1.82, 2.24) is 10.2 Å². The molecule has 1 aliphatic heterocycles. The van der Waals surface area contributed by atoms with Gasteiger partial charge in [-0.3, -0.25) is 4.79 Å². The molecule has 0 unspecified atom stereocenters. The normalized spacial score (nSPS) is 16.2. The highest BCUT2D eigenvalue weighted by molar-refractivity contribution is 14.1. The van der Waals surface area contributed by atoms with Crippen molar-refractivity contribution >= 4 is 40.1 Å². The summed E-state index contributed by atoms with van der Waals surface area (Å²) >= 11 is 8.16. The molecule has 1 aromatic rings. The Morgan fingerprint density at radius 1 is 1.38 bits per heavy atom. The molecule has 1 fully saturated rings. The van der Waals surface area contributed by atoms with Gasteiger partial charge in [-0.25, -0.2) is 0 Å².